The van der Waals surface area contributed by atoms with Crippen molar-refractivity contribution in [2.45, 2.75) is 77.7 Å². The Morgan fingerprint density at radius 2 is 1.28 bits per heavy atom. The number of carbonyl (C=O) groups is 1. The van der Waals surface area contributed by atoms with Crippen LogP contribution in [0.4, 0.5) is 5.69 Å². The molecule has 0 unspecified atom stereocenters. The fraction of sp³-hybridized carbons (Fsp3) is 0.448. The quantitative estimate of drug-likeness (QED) is 0.0286. The number of nitrogens with one attached hydrogen (secondary N) is 1. The van der Waals surface area contributed by atoms with Crippen LogP contribution in [0.5, 0.6) is 5.75 Å². The van der Waals surface area contributed by atoms with Gasteiger partial charge in [-0.25, -0.2) is 9.15 Å². The van der Waals surface area contributed by atoms with E-state index in [0.717, 1.165) is 145 Å². The van der Waals surface area contributed by atoms with Crippen molar-refractivity contribution in [3.8, 4) is 5.75 Å². The molecule has 4 aliphatic rings. The Labute approximate surface area is 467 Å². The Morgan fingerprint density at radius 1 is 0.705 bits per heavy atom. The molecule has 0 bridgehead atoms. The van der Waals surface area contributed by atoms with Gasteiger partial charge < -0.3 is 29.2 Å². The number of fused-ring (bicyclic) bond motifs is 4. The summed E-state index contributed by atoms with van der Waals surface area (Å²) in [4.78, 5) is 19.9. The zero-order valence-electron chi connectivity index (χ0n) is 44.6. The third-order valence-corrected chi connectivity index (χ3v) is 18.4. The van der Waals surface area contributed by atoms with E-state index in [0.29, 0.717) is 62.8 Å². The number of hydrogen-bond acceptors (Lipinski definition) is 12. The van der Waals surface area contributed by atoms with Crippen molar-refractivity contribution < 1.29 is 53.6 Å². The summed E-state index contributed by atoms with van der Waals surface area (Å²) in [7, 11) is -8.06. The summed E-state index contributed by atoms with van der Waals surface area (Å²) in [6.45, 7) is 11.2. The molecule has 1 amide bonds. The van der Waals surface area contributed by atoms with Crippen LogP contribution < -0.4 is 19.5 Å². The van der Waals surface area contributed by atoms with Crippen LogP contribution in [-0.4, -0.2) is 152 Å². The van der Waals surface area contributed by atoms with Crippen molar-refractivity contribution >= 4 is 107 Å². The molecule has 0 radical (unpaired) electrons. The second-order valence-electron chi connectivity index (χ2n) is 20.3. The second-order valence-corrected chi connectivity index (χ2v) is 25.7. The van der Waals surface area contributed by atoms with E-state index in [4.69, 9.17) is 13.7 Å². The zero-order chi connectivity index (χ0) is 54.5. The highest BCUT2D eigenvalue weighted by atomic mass is 32.2. The molecule has 20 heteroatoms. The van der Waals surface area contributed by atoms with Gasteiger partial charge in [-0.2, -0.15) is 21.4 Å². The molecule has 3 fully saturated rings. The Hall–Kier alpha value is -5.64. The first-order chi connectivity index (χ1) is 37.7. The molecule has 416 valence electrons. The summed E-state index contributed by atoms with van der Waals surface area (Å²) in [5.41, 5.74) is 3.48. The van der Waals surface area contributed by atoms with E-state index in [1.54, 1.807) is 11.8 Å². The van der Waals surface area contributed by atoms with Gasteiger partial charge >= 0.3 is 5.89 Å². The van der Waals surface area contributed by atoms with Gasteiger partial charge in [-0.3, -0.25) is 13.9 Å². The van der Waals surface area contributed by atoms with Gasteiger partial charge in [0.05, 0.1) is 33.3 Å². The number of oxazole rings is 1. The van der Waals surface area contributed by atoms with Crippen LogP contribution in [0.1, 0.15) is 77.0 Å². The van der Waals surface area contributed by atoms with Crippen molar-refractivity contribution in [3.05, 3.63) is 118 Å². The summed E-state index contributed by atoms with van der Waals surface area (Å²) in [6.07, 6.45) is 20.3. The average Bonchev–Trinajstić information content (AvgIpc) is 4.37. The molecular weight excluding hydrogens is 1070 g/mol. The number of aryl methyl sites for hydroxylation is 1. The molecule has 3 N–H and O–H groups in total. The molecule has 78 heavy (non-hydrogen) atoms. The normalized spacial score (nSPS) is 17.9. The third kappa shape index (κ3) is 16.0. The maximum atomic E-state index is 13.0. The van der Waals surface area contributed by atoms with Gasteiger partial charge in [0.1, 0.15) is 0 Å². The minimum Gasteiger partial charge on any atom is -0.439 e. The molecular formula is C58H74N7O9S4+3. The third-order valence-electron chi connectivity index (χ3n) is 14.6. The van der Waals surface area contributed by atoms with E-state index in [1.807, 2.05) is 64.9 Å². The van der Waals surface area contributed by atoms with Crippen LogP contribution in [0.3, 0.4) is 0 Å². The molecule has 3 saturated heterocycles. The number of unbranched alkanes of at least 4 members (excludes halogenated alkanes) is 4. The molecule has 1 aromatic heterocycles. The molecule has 0 spiro atoms. The van der Waals surface area contributed by atoms with Crippen molar-refractivity contribution in [1.29, 1.82) is 0 Å². The van der Waals surface area contributed by atoms with Gasteiger partial charge in [0.25, 0.3) is 25.8 Å². The molecule has 5 heterocycles. The van der Waals surface area contributed by atoms with Gasteiger partial charge in [0.2, 0.25) is 43.6 Å². The van der Waals surface area contributed by atoms with Crippen molar-refractivity contribution in [1.82, 2.24) is 15.1 Å². The summed E-state index contributed by atoms with van der Waals surface area (Å²) >= 11 is 3.71. The van der Waals surface area contributed by atoms with E-state index in [1.165, 1.54) is 5.03 Å². The highest BCUT2D eigenvalue weighted by molar-refractivity contribution is 8.03. The van der Waals surface area contributed by atoms with Crippen molar-refractivity contribution in [3.63, 3.8) is 0 Å². The molecule has 4 aliphatic heterocycles. The van der Waals surface area contributed by atoms with E-state index in [9.17, 15) is 26.2 Å². The minimum absolute atomic E-state index is 0.0990. The number of thioether (sulfide) groups is 2. The van der Waals surface area contributed by atoms with E-state index >= 15 is 0 Å². The van der Waals surface area contributed by atoms with Gasteiger partial charge in [-0.05, 0) is 90.3 Å². The largest absolute Gasteiger partial charge is 0.439 e. The molecule has 9 rings (SSSR count). The Kier molecular flexibility index (Phi) is 19.8. The highest BCUT2D eigenvalue weighted by Gasteiger charge is 2.29. The standard InChI is InChI=1S/C58H71N7O9S4/c1-2-45(40-56-65(26-14-38-78(70,71)72)51-42-47-16-7-9-18-49(47)44-53(51)74-56)39-55-64(50-41-46-15-6-8-17-48(46)43-52(50)73-55)25-12-3-5-19-54(66)59-22-10-4-11-23-62-33-35-75-57(62)20-27-60-29-31-61(32-30-60)28-21-58-63(34-36-76-58)24-13-37-77(67,68)69/h6-9,15-18,20-21,27-28,39-44H,2-5,10-14,19,22-26,29-38H2,1H3/p+3. The molecule has 0 atom stereocenters. The number of nitrogens with zero attached hydrogens (tertiary/aromatic N) is 6. The first kappa shape index (κ1) is 57.1. The molecule has 0 saturated carbocycles. The summed E-state index contributed by atoms with van der Waals surface area (Å²) in [5, 5.41) is 9.94. The lowest BCUT2D eigenvalue weighted by molar-refractivity contribution is -0.677. The lowest BCUT2D eigenvalue weighted by Crippen LogP contribution is -2.37. The fourth-order valence-electron chi connectivity index (χ4n) is 10.4. The van der Waals surface area contributed by atoms with Crippen LogP contribution in [0.15, 0.2) is 117 Å². The topological polar surface area (TPSA) is 180 Å². The number of ether oxygens (including phenoxy) is 1. The molecule has 16 nitrogen and oxygen atoms in total. The lowest BCUT2D eigenvalue weighted by atomic mass is 10.1. The van der Waals surface area contributed by atoms with E-state index in [-0.39, 0.29) is 23.8 Å². The number of piperazine rings is 1. The molecule has 0 aliphatic carbocycles. The van der Waals surface area contributed by atoms with Crippen LogP contribution in [0, 0.1) is 0 Å². The number of hydrogen-bond donors (Lipinski definition) is 3. The lowest BCUT2D eigenvalue weighted by Gasteiger charge is -2.19. The molecule has 4 aromatic carbocycles. The summed E-state index contributed by atoms with van der Waals surface area (Å²) in [6, 6.07) is 24.6. The second kappa shape index (κ2) is 27.0. The number of benzene rings is 4. The Balaban J connectivity index is 0.724. The Morgan fingerprint density at radius 3 is 1.92 bits per heavy atom. The summed E-state index contributed by atoms with van der Waals surface area (Å²) < 4.78 is 84.1. The molecule has 5 aromatic rings. The zero-order valence-corrected chi connectivity index (χ0v) is 47.9. The number of allylic oxidation sites excluding steroid dienone is 4. The number of amides is 1. The average molecular weight is 1140 g/mol. The van der Waals surface area contributed by atoms with Gasteiger partial charge in [-0.15, -0.1) is 23.5 Å². The van der Waals surface area contributed by atoms with Crippen LogP contribution in [0.25, 0.3) is 38.7 Å². The van der Waals surface area contributed by atoms with Crippen LogP contribution >= 0.6 is 23.5 Å². The number of anilines is 1. The summed E-state index contributed by atoms with van der Waals surface area (Å²) in [5.74, 6) is 3.69. The van der Waals surface area contributed by atoms with Crippen LogP contribution in [-0.2, 0) is 31.6 Å². The highest BCUT2D eigenvalue weighted by Crippen LogP contribution is 2.42. The van der Waals surface area contributed by atoms with Crippen LogP contribution in [0.2, 0.25) is 0 Å². The first-order valence-electron chi connectivity index (χ1n) is 27.5. The van der Waals surface area contributed by atoms with Gasteiger partial charge in [0, 0.05) is 87.9 Å². The van der Waals surface area contributed by atoms with Crippen molar-refractivity contribution in [2.75, 3.05) is 93.4 Å². The predicted molar refractivity (Wildman–Crippen MR) is 316 cm³/mol. The van der Waals surface area contributed by atoms with Gasteiger partial charge in [-0.1, -0.05) is 61.9 Å². The number of rotatable bonds is 25. The monoisotopic (exact) mass is 1140 g/mol. The van der Waals surface area contributed by atoms with E-state index < -0.39 is 20.2 Å². The maximum absolute atomic E-state index is 13.0. The Bertz CT molecular complexity index is 3370. The van der Waals surface area contributed by atoms with E-state index in [2.05, 4.69) is 97.1 Å². The van der Waals surface area contributed by atoms with Gasteiger partial charge in [0.15, 0.2) is 24.7 Å². The SMILES string of the molecule is CCC(=Cc1oc2cc3ccccc3cc2[n+]1CCCS(=O)(=O)O)C=C1Oc2cc3ccccc3cc2N1CCCCCC(=O)NCCCCCN1CCSC1=CC=[N+]1CC[N+](=CC=C2SCCN2CCCS(=O)(=O)O)CC1. The maximum Gasteiger partial charge on any atom is 0.374 e. The minimum atomic E-state index is -4.13. The smallest absolute Gasteiger partial charge is 0.374 e. The fourth-order valence-corrected chi connectivity index (χ4v) is 13.4. The predicted octanol–water partition coefficient (Wildman–Crippen LogP) is 8.92. The van der Waals surface area contributed by atoms with Crippen molar-refractivity contribution in [2.24, 2.45) is 0 Å². The number of carbonyl (C=O) groups excluding carboxylic acids is 1. The first-order valence-corrected chi connectivity index (χ1v) is 32.7. The number of aromatic nitrogens is 1.